The van der Waals surface area contributed by atoms with Gasteiger partial charge in [-0.15, -0.1) is 0 Å². The molecule has 1 aliphatic rings. The van der Waals surface area contributed by atoms with Crippen LogP contribution in [-0.4, -0.2) is 36.6 Å². The Morgan fingerprint density at radius 1 is 1.50 bits per heavy atom. The van der Waals surface area contributed by atoms with E-state index in [1.54, 1.807) is 0 Å². The van der Waals surface area contributed by atoms with Crippen LogP contribution in [0, 0.1) is 5.41 Å². The van der Waals surface area contributed by atoms with Crippen molar-refractivity contribution < 1.29 is 14.7 Å². The number of piperidine rings is 1. The minimum atomic E-state index is -0.882. The summed E-state index contributed by atoms with van der Waals surface area (Å²) in [5, 5.41) is 14.4. The largest absolute Gasteiger partial charge is 0.481 e. The summed E-state index contributed by atoms with van der Waals surface area (Å²) in [5.74, 6) is -0.893. The van der Waals surface area contributed by atoms with Crippen LogP contribution in [0.3, 0.4) is 0 Å². The summed E-state index contributed by atoms with van der Waals surface area (Å²) in [6, 6.07) is 0. The van der Waals surface area contributed by atoms with Gasteiger partial charge in [-0.05, 0) is 25.8 Å². The van der Waals surface area contributed by atoms with Gasteiger partial charge in [-0.2, -0.15) is 0 Å². The lowest BCUT2D eigenvalue weighted by Crippen LogP contribution is -2.50. The average molecular weight is 228 g/mol. The molecule has 1 saturated heterocycles. The Kier molecular flexibility index (Phi) is 4.73. The second-order valence-electron chi connectivity index (χ2n) is 4.31. The molecule has 5 heteroatoms. The minimum absolute atomic E-state index is 0.0107. The average Bonchev–Trinajstić information content (AvgIpc) is 2.29. The lowest BCUT2D eigenvalue weighted by molar-refractivity contribution is -0.137. The molecule has 1 atom stereocenters. The maximum absolute atomic E-state index is 12.0. The number of rotatable bonds is 5. The Morgan fingerprint density at radius 3 is 2.75 bits per heavy atom. The van der Waals surface area contributed by atoms with Crippen LogP contribution in [0.5, 0.6) is 0 Å². The van der Waals surface area contributed by atoms with E-state index in [-0.39, 0.29) is 24.3 Å². The molecule has 0 aromatic carbocycles. The first-order valence-electron chi connectivity index (χ1n) is 5.81. The molecule has 1 rings (SSSR count). The van der Waals surface area contributed by atoms with Gasteiger partial charge in [-0.25, -0.2) is 0 Å². The maximum Gasteiger partial charge on any atom is 0.305 e. The standard InChI is InChI=1S/C11H20N2O3/c1-2-11(5-3-6-12-8-11)10(16)13-7-4-9(14)15/h12H,2-8H2,1H3,(H,13,16)(H,14,15). The van der Waals surface area contributed by atoms with Crippen molar-refractivity contribution in [2.75, 3.05) is 19.6 Å². The van der Waals surface area contributed by atoms with Crippen LogP contribution in [0.15, 0.2) is 0 Å². The monoisotopic (exact) mass is 228 g/mol. The third-order valence-electron chi connectivity index (χ3n) is 3.26. The summed E-state index contributed by atoms with van der Waals surface area (Å²) in [6.45, 7) is 3.88. The van der Waals surface area contributed by atoms with Crippen molar-refractivity contribution in [1.82, 2.24) is 10.6 Å². The van der Waals surface area contributed by atoms with E-state index >= 15 is 0 Å². The van der Waals surface area contributed by atoms with Crippen LogP contribution >= 0.6 is 0 Å². The second-order valence-corrected chi connectivity index (χ2v) is 4.31. The highest BCUT2D eigenvalue weighted by Gasteiger charge is 2.37. The maximum atomic E-state index is 12.0. The van der Waals surface area contributed by atoms with Gasteiger partial charge in [0.2, 0.25) is 5.91 Å². The van der Waals surface area contributed by atoms with Crippen molar-refractivity contribution in [2.45, 2.75) is 32.6 Å². The molecular formula is C11H20N2O3. The molecule has 1 unspecified atom stereocenters. The normalized spacial score (nSPS) is 25.1. The lowest BCUT2D eigenvalue weighted by Gasteiger charge is -2.35. The van der Waals surface area contributed by atoms with Crippen LogP contribution in [0.1, 0.15) is 32.6 Å². The van der Waals surface area contributed by atoms with Gasteiger partial charge in [0.15, 0.2) is 0 Å². The number of carbonyl (C=O) groups is 2. The third kappa shape index (κ3) is 3.20. The molecule has 0 bridgehead atoms. The number of nitrogens with one attached hydrogen (secondary N) is 2. The Balaban J connectivity index is 2.45. The Labute approximate surface area is 95.6 Å². The first kappa shape index (κ1) is 13.0. The SMILES string of the molecule is CCC1(C(=O)NCCC(=O)O)CCCNC1. The van der Waals surface area contributed by atoms with E-state index in [1.165, 1.54) is 0 Å². The van der Waals surface area contributed by atoms with E-state index in [4.69, 9.17) is 5.11 Å². The predicted molar refractivity (Wildman–Crippen MR) is 60.1 cm³/mol. The van der Waals surface area contributed by atoms with E-state index in [9.17, 15) is 9.59 Å². The van der Waals surface area contributed by atoms with Crippen molar-refractivity contribution in [3.63, 3.8) is 0 Å². The first-order chi connectivity index (χ1) is 7.60. The van der Waals surface area contributed by atoms with Crippen LogP contribution in [0.2, 0.25) is 0 Å². The van der Waals surface area contributed by atoms with Crippen LogP contribution in [0.4, 0.5) is 0 Å². The highest BCUT2D eigenvalue weighted by Crippen LogP contribution is 2.30. The number of carboxylic acids is 1. The van der Waals surface area contributed by atoms with Crippen molar-refractivity contribution in [3.8, 4) is 0 Å². The molecule has 1 heterocycles. The molecule has 0 aromatic rings. The van der Waals surface area contributed by atoms with Crippen LogP contribution < -0.4 is 10.6 Å². The van der Waals surface area contributed by atoms with Crippen molar-refractivity contribution in [3.05, 3.63) is 0 Å². The summed E-state index contributed by atoms with van der Waals surface area (Å²) in [4.78, 5) is 22.3. The molecule has 1 aliphatic heterocycles. The quantitative estimate of drug-likeness (QED) is 0.634. The van der Waals surface area contributed by atoms with E-state index in [0.717, 1.165) is 25.8 Å². The highest BCUT2D eigenvalue weighted by atomic mass is 16.4. The van der Waals surface area contributed by atoms with Gasteiger partial charge in [-0.1, -0.05) is 6.92 Å². The molecule has 1 amide bonds. The highest BCUT2D eigenvalue weighted by molar-refractivity contribution is 5.83. The molecule has 3 N–H and O–H groups in total. The zero-order valence-corrected chi connectivity index (χ0v) is 9.71. The Morgan fingerprint density at radius 2 is 2.25 bits per heavy atom. The molecule has 0 spiro atoms. The minimum Gasteiger partial charge on any atom is -0.481 e. The topological polar surface area (TPSA) is 78.4 Å². The van der Waals surface area contributed by atoms with E-state index in [2.05, 4.69) is 10.6 Å². The van der Waals surface area contributed by atoms with Crippen molar-refractivity contribution in [2.24, 2.45) is 5.41 Å². The molecule has 0 aromatic heterocycles. The van der Waals surface area contributed by atoms with Crippen LogP contribution in [0.25, 0.3) is 0 Å². The van der Waals surface area contributed by atoms with Crippen molar-refractivity contribution >= 4 is 11.9 Å². The number of hydrogen-bond donors (Lipinski definition) is 3. The number of aliphatic carboxylic acids is 1. The summed E-state index contributed by atoms with van der Waals surface area (Å²) in [7, 11) is 0. The van der Waals surface area contributed by atoms with Gasteiger partial charge >= 0.3 is 5.97 Å². The van der Waals surface area contributed by atoms with Gasteiger partial charge in [0, 0.05) is 13.1 Å². The summed E-state index contributed by atoms with van der Waals surface area (Å²) >= 11 is 0. The zero-order valence-electron chi connectivity index (χ0n) is 9.71. The molecule has 5 nitrogen and oxygen atoms in total. The fourth-order valence-corrected chi connectivity index (χ4v) is 2.09. The van der Waals surface area contributed by atoms with Gasteiger partial charge in [0.05, 0.1) is 11.8 Å². The number of carbonyl (C=O) groups excluding carboxylic acids is 1. The molecule has 16 heavy (non-hydrogen) atoms. The second kappa shape index (κ2) is 5.84. The van der Waals surface area contributed by atoms with Gasteiger partial charge < -0.3 is 15.7 Å². The number of hydrogen-bond acceptors (Lipinski definition) is 3. The van der Waals surface area contributed by atoms with E-state index in [1.807, 2.05) is 6.92 Å². The van der Waals surface area contributed by atoms with Crippen LogP contribution in [-0.2, 0) is 9.59 Å². The van der Waals surface area contributed by atoms with Crippen molar-refractivity contribution in [1.29, 1.82) is 0 Å². The van der Waals surface area contributed by atoms with Gasteiger partial charge in [0.1, 0.15) is 0 Å². The Hall–Kier alpha value is -1.10. The first-order valence-corrected chi connectivity index (χ1v) is 5.81. The summed E-state index contributed by atoms with van der Waals surface area (Å²) in [5.41, 5.74) is -0.337. The molecule has 1 fully saturated rings. The molecular weight excluding hydrogens is 208 g/mol. The van der Waals surface area contributed by atoms with E-state index < -0.39 is 5.97 Å². The smallest absolute Gasteiger partial charge is 0.305 e. The molecule has 0 saturated carbocycles. The molecule has 0 radical (unpaired) electrons. The fourth-order valence-electron chi connectivity index (χ4n) is 2.09. The third-order valence-corrected chi connectivity index (χ3v) is 3.26. The Bertz CT molecular complexity index is 260. The fraction of sp³-hybridized carbons (Fsp3) is 0.818. The summed E-state index contributed by atoms with van der Waals surface area (Å²) in [6.07, 6.45) is 2.66. The molecule has 92 valence electrons. The molecule has 0 aliphatic carbocycles. The lowest BCUT2D eigenvalue weighted by atomic mass is 9.77. The summed E-state index contributed by atoms with van der Waals surface area (Å²) < 4.78 is 0. The van der Waals surface area contributed by atoms with Gasteiger partial charge in [0.25, 0.3) is 0 Å². The predicted octanol–water partition coefficient (Wildman–Crippen LogP) is 0.357. The van der Waals surface area contributed by atoms with Gasteiger partial charge in [-0.3, -0.25) is 9.59 Å². The number of carboxylic acid groups (broad SMARTS) is 1. The van der Waals surface area contributed by atoms with E-state index in [0.29, 0.717) is 6.54 Å². The number of amides is 1. The zero-order chi connectivity index (χ0) is 12.0.